The van der Waals surface area contributed by atoms with Gasteiger partial charge in [-0.1, -0.05) is 28.9 Å². The third-order valence-electron chi connectivity index (χ3n) is 2.78. The van der Waals surface area contributed by atoms with Gasteiger partial charge in [0.1, 0.15) is 0 Å². The Morgan fingerprint density at radius 2 is 1.89 bits per heavy atom. The molecule has 102 valence electrons. The van der Waals surface area contributed by atoms with Crippen molar-refractivity contribution in [1.82, 2.24) is 0 Å². The minimum atomic E-state index is -4.30. The predicted octanol–water partition coefficient (Wildman–Crippen LogP) is 4.84. The van der Waals surface area contributed by atoms with Gasteiger partial charge < -0.3 is 4.90 Å². The fourth-order valence-corrected chi connectivity index (χ4v) is 2.37. The molecule has 0 saturated heterocycles. The first-order chi connectivity index (χ1) is 8.43. The summed E-state index contributed by atoms with van der Waals surface area (Å²) in [7, 11) is 0. The molecule has 1 rings (SSSR count). The normalized spacial score (nSPS) is 11.7. The highest BCUT2D eigenvalue weighted by atomic mass is 79.9. The van der Waals surface area contributed by atoms with Crippen molar-refractivity contribution in [1.29, 1.82) is 0 Å². The number of rotatable bonds is 5. The summed E-state index contributed by atoms with van der Waals surface area (Å²) in [6.07, 6.45) is -3.39. The fourth-order valence-electron chi connectivity index (χ4n) is 1.88. The van der Waals surface area contributed by atoms with Gasteiger partial charge in [0.25, 0.3) is 0 Å². The molecule has 1 aromatic rings. The minimum absolute atomic E-state index is 0.210. The van der Waals surface area contributed by atoms with Gasteiger partial charge >= 0.3 is 6.18 Å². The largest absolute Gasteiger partial charge is 0.416 e. The van der Waals surface area contributed by atoms with Gasteiger partial charge in [0.15, 0.2) is 0 Å². The predicted molar refractivity (Wildman–Crippen MR) is 72.3 cm³/mol. The number of benzene rings is 1. The van der Waals surface area contributed by atoms with E-state index in [4.69, 9.17) is 0 Å². The van der Waals surface area contributed by atoms with Gasteiger partial charge in [-0.3, -0.25) is 0 Å². The van der Waals surface area contributed by atoms with Gasteiger partial charge in [0.2, 0.25) is 0 Å². The molecule has 0 saturated carbocycles. The van der Waals surface area contributed by atoms with Gasteiger partial charge in [-0.05, 0) is 31.0 Å². The van der Waals surface area contributed by atoms with E-state index < -0.39 is 11.7 Å². The van der Waals surface area contributed by atoms with Crippen LogP contribution in [0.5, 0.6) is 0 Å². The fraction of sp³-hybridized carbons (Fsp3) is 0.538. The number of nitrogens with zero attached hydrogens (tertiary/aromatic N) is 1. The summed E-state index contributed by atoms with van der Waals surface area (Å²) in [6.45, 7) is 5.43. The first-order valence-electron chi connectivity index (χ1n) is 5.95. The smallest absolute Gasteiger partial charge is 0.372 e. The Morgan fingerprint density at radius 1 is 1.22 bits per heavy atom. The van der Waals surface area contributed by atoms with E-state index in [9.17, 15) is 13.2 Å². The van der Waals surface area contributed by atoms with Crippen molar-refractivity contribution in [2.45, 2.75) is 31.8 Å². The highest BCUT2D eigenvalue weighted by Gasteiger charge is 2.33. The number of hydrogen-bond acceptors (Lipinski definition) is 1. The van der Waals surface area contributed by atoms with E-state index in [1.54, 1.807) is 12.1 Å². The molecule has 0 bridgehead atoms. The van der Waals surface area contributed by atoms with Gasteiger partial charge in [0.05, 0.1) is 5.56 Å². The summed E-state index contributed by atoms with van der Waals surface area (Å²) in [5.41, 5.74) is 0.363. The Labute approximate surface area is 114 Å². The molecule has 0 aromatic heterocycles. The zero-order valence-corrected chi connectivity index (χ0v) is 12.1. The zero-order valence-electron chi connectivity index (χ0n) is 10.5. The molecule has 0 unspecified atom stereocenters. The van der Waals surface area contributed by atoms with Crippen LogP contribution in [0.3, 0.4) is 0 Å². The van der Waals surface area contributed by atoms with E-state index in [1.165, 1.54) is 6.07 Å². The lowest BCUT2D eigenvalue weighted by molar-refractivity contribution is -0.138. The second-order valence-corrected chi connectivity index (χ2v) is 4.61. The summed E-state index contributed by atoms with van der Waals surface area (Å²) in [5, 5.41) is 0.210. The maximum Gasteiger partial charge on any atom is 0.416 e. The average molecular weight is 324 g/mol. The summed E-state index contributed by atoms with van der Waals surface area (Å²) in [5.74, 6) is 0. The van der Waals surface area contributed by atoms with Crippen molar-refractivity contribution < 1.29 is 13.2 Å². The number of halogens is 4. The minimum Gasteiger partial charge on any atom is -0.372 e. The molecular weight excluding hydrogens is 307 g/mol. The van der Waals surface area contributed by atoms with Crippen molar-refractivity contribution in [3.63, 3.8) is 0 Å². The molecule has 0 atom stereocenters. The van der Waals surface area contributed by atoms with Crippen LogP contribution in [-0.4, -0.2) is 13.1 Å². The van der Waals surface area contributed by atoms with Crippen LogP contribution in [-0.2, 0) is 11.5 Å². The van der Waals surface area contributed by atoms with E-state index in [0.717, 1.165) is 13.0 Å². The molecule has 18 heavy (non-hydrogen) atoms. The monoisotopic (exact) mass is 323 g/mol. The van der Waals surface area contributed by atoms with E-state index in [2.05, 4.69) is 15.9 Å². The molecule has 0 amide bonds. The van der Waals surface area contributed by atoms with Crippen LogP contribution in [0.15, 0.2) is 18.2 Å². The number of hydrogen-bond donors (Lipinski definition) is 0. The summed E-state index contributed by atoms with van der Waals surface area (Å²) < 4.78 is 38.8. The number of anilines is 1. The Hall–Kier alpha value is -0.710. The van der Waals surface area contributed by atoms with E-state index >= 15 is 0 Å². The van der Waals surface area contributed by atoms with E-state index in [1.807, 2.05) is 18.7 Å². The summed E-state index contributed by atoms with van der Waals surface area (Å²) in [6, 6.07) is 4.55. The van der Waals surface area contributed by atoms with Gasteiger partial charge in [-0.2, -0.15) is 13.2 Å². The standard InChI is InChI=1S/C13H17BrF3N/c1-3-7-18(4-2)11-6-5-10(9-14)12(8-11)13(15,16)17/h5-6,8H,3-4,7,9H2,1-2H3. The molecule has 0 radical (unpaired) electrons. The third-order valence-corrected chi connectivity index (χ3v) is 3.39. The Kier molecular flexibility index (Phi) is 5.50. The summed E-state index contributed by atoms with van der Waals surface area (Å²) in [4.78, 5) is 1.95. The quantitative estimate of drug-likeness (QED) is 0.701. The van der Waals surface area contributed by atoms with Crippen LogP contribution >= 0.6 is 15.9 Å². The van der Waals surface area contributed by atoms with Crippen LogP contribution in [0.4, 0.5) is 18.9 Å². The Morgan fingerprint density at radius 3 is 2.33 bits per heavy atom. The molecule has 0 N–H and O–H groups in total. The Balaban J connectivity index is 3.17. The van der Waals surface area contributed by atoms with Gasteiger partial charge in [-0.25, -0.2) is 0 Å². The third kappa shape index (κ3) is 3.64. The second-order valence-electron chi connectivity index (χ2n) is 4.05. The van der Waals surface area contributed by atoms with Crippen LogP contribution in [0.2, 0.25) is 0 Å². The molecular formula is C13H17BrF3N. The van der Waals surface area contributed by atoms with Crippen LogP contribution in [0.25, 0.3) is 0 Å². The summed E-state index contributed by atoms with van der Waals surface area (Å²) >= 11 is 3.10. The van der Waals surface area contributed by atoms with Crippen LogP contribution in [0, 0.1) is 0 Å². The molecule has 0 aliphatic carbocycles. The van der Waals surface area contributed by atoms with Crippen molar-refractivity contribution in [2.24, 2.45) is 0 Å². The molecule has 0 heterocycles. The highest BCUT2D eigenvalue weighted by Crippen LogP contribution is 2.35. The molecule has 0 spiro atoms. The molecule has 5 heteroatoms. The Bertz CT molecular complexity index is 390. The van der Waals surface area contributed by atoms with E-state index in [-0.39, 0.29) is 10.9 Å². The van der Waals surface area contributed by atoms with Crippen molar-refractivity contribution >= 4 is 21.6 Å². The maximum atomic E-state index is 12.9. The SMILES string of the molecule is CCCN(CC)c1ccc(CBr)c(C(F)(F)F)c1. The first kappa shape index (κ1) is 15.3. The molecule has 0 aliphatic heterocycles. The average Bonchev–Trinajstić information content (AvgIpc) is 2.34. The van der Waals surface area contributed by atoms with Crippen LogP contribution in [0.1, 0.15) is 31.4 Å². The second kappa shape index (κ2) is 6.45. The van der Waals surface area contributed by atoms with Crippen molar-refractivity contribution in [3.8, 4) is 0 Å². The van der Waals surface area contributed by atoms with Gasteiger partial charge in [-0.15, -0.1) is 0 Å². The number of alkyl halides is 4. The molecule has 0 fully saturated rings. The van der Waals surface area contributed by atoms with Crippen molar-refractivity contribution in [2.75, 3.05) is 18.0 Å². The van der Waals surface area contributed by atoms with E-state index in [0.29, 0.717) is 12.2 Å². The van der Waals surface area contributed by atoms with Gasteiger partial charge in [0, 0.05) is 24.1 Å². The van der Waals surface area contributed by atoms with Crippen molar-refractivity contribution in [3.05, 3.63) is 29.3 Å². The lowest BCUT2D eigenvalue weighted by Gasteiger charge is -2.24. The zero-order chi connectivity index (χ0) is 13.8. The molecule has 1 nitrogen and oxygen atoms in total. The molecule has 1 aromatic carbocycles. The van der Waals surface area contributed by atoms with Crippen LogP contribution < -0.4 is 4.90 Å². The lowest BCUT2D eigenvalue weighted by atomic mass is 10.1. The highest BCUT2D eigenvalue weighted by molar-refractivity contribution is 9.08. The molecule has 0 aliphatic rings. The maximum absolute atomic E-state index is 12.9. The topological polar surface area (TPSA) is 3.24 Å². The lowest BCUT2D eigenvalue weighted by Crippen LogP contribution is -2.24. The first-order valence-corrected chi connectivity index (χ1v) is 7.07.